The molecule has 160 valence electrons. The monoisotopic (exact) mass is 409 g/mol. The third-order valence-corrected chi connectivity index (χ3v) is 5.97. The van der Waals surface area contributed by atoms with E-state index in [2.05, 4.69) is 17.4 Å². The molecule has 2 aliphatic rings. The fourth-order valence-electron chi connectivity index (χ4n) is 4.10. The summed E-state index contributed by atoms with van der Waals surface area (Å²) in [5.74, 6) is 0. The van der Waals surface area contributed by atoms with Gasteiger partial charge in [0.05, 0.1) is 24.9 Å². The summed E-state index contributed by atoms with van der Waals surface area (Å²) in [7, 11) is 0. The van der Waals surface area contributed by atoms with Gasteiger partial charge in [0.2, 0.25) is 0 Å². The van der Waals surface area contributed by atoms with Crippen molar-refractivity contribution < 1.29 is 19.0 Å². The molecule has 30 heavy (non-hydrogen) atoms. The molecule has 1 N–H and O–H groups in total. The van der Waals surface area contributed by atoms with Crippen molar-refractivity contribution in [3.63, 3.8) is 0 Å². The summed E-state index contributed by atoms with van der Waals surface area (Å²) in [5, 5.41) is 2.99. The molecule has 4 rings (SSSR count). The highest BCUT2D eigenvalue weighted by Gasteiger charge is 2.34. The molecule has 2 aliphatic carbocycles. The lowest BCUT2D eigenvalue weighted by atomic mass is 9.89. The van der Waals surface area contributed by atoms with Crippen molar-refractivity contribution in [2.45, 2.75) is 76.1 Å². The standard InChI is InChI=1S/C25H31NO4/c27-25(29-18-20-9-5-2-6-10-20)26-21-11-13-22(14-12-21)30-24-15-23(16-24)28-17-19-7-3-1-4-8-19/h1-10,21-24H,11-18H2,(H,26,27). The molecule has 0 aromatic heterocycles. The first-order valence-electron chi connectivity index (χ1n) is 11.0. The van der Waals surface area contributed by atoms with E-state index in [1.807, 2.05) is 48.5 Å². The maximum Gasteiger partial charge on any atom is 0.407 e. The van der Waals surface area contributed by atoms with Crippen LogP contribution in [-0.2, 0) is 27.4 Å². The van der Waals surface area contributed by atoms with Crippen LogP contribution in [0.5, 0.6) is 0 Å². The Kier molecular flexibility index (Phi) is 7.38. The molecule has 5 heteroatoms. The van der Waals surface area contributed by atoms with Gasteiger partial charge in [0.15, 0.2) is 0 Å². The third kappa shape index (κ3) is 6.31. The molecule has 0 heterocycles. The lowest BCUT2D eigenvalue weighted by Gasteiger charge is -2.39. The quantitative estimate of drug-likeness (QED) is 0.667. The van der Waals surface area contributed by atoms with Crippen molar-refractivity contribution in [1.29, 1.82) is 0 Å². The minimum absolute atomic E-state index is 0.177. The molecule has 0 radical (unpaired) electrons. The summed E-state index contributed by atoms with van der Waals surface area (Å²) >= 11 is 0. The Labute approximate surface area is 178 Å². The largest absolute Gasteiger partial charge is 0.445 e. The Morgan fingerprint density at radius 1 is 0.767 bits per heavy atom. The molecule has 0 bridgehead atoms. The van der Waals surface area contributed by atoms with Crippen LogP contribution in [0.2, 0.25) is 0 Å². The normalized spacial score (nSPS) is 25.9. The van der Waals surface area contributed by atoms with Gasteiger partial charge in [0.1, 0.15) is 6.61 Å². The lowest BCUT2D eigenvalue weighted by Crippen LogP contribution is -2.43. The zero-order valence-corrected chi connectivity index (χ0v) is 17.4. The number of hydrogen-bond donors (Lipinski definition) is 1. The molecule has 1 amide bonds. The highest BCUT2D eigenvalue weighted by molar-refractivity contribution is 5.67. The second kappa shape index (κ2) is 10.6. The summed E-state index contributed by atoms with van der Waals surface area (Å²) < 4.78 is 17.5. The van der Waals surface area contributed by atoms with Crippen LogP contribution in [0.4, 0.5) is 4.79 Å². The molecule has 2 saturated carbocycles. The number of hydrogen-bond acceptors (Lipinski definition) is 4. The fraction of sp³-hybridized carbons (Fsp3) is 0.480. The minimum Gasteiger partial charge on any atom is -0.445 e. The number of alkyl carbamates (subject to hydrolysis) is 1. The average molecular weight is 410 g/mol. The molecular formula is C25H31NO4. The molecule has 0 aliphatic heterocycles. The first-order chi connectivity index (χ1) is 14.7. The van der Waals surface area contributed by atoms with E-state index in [0.29, 0.717) is 31.5 Å². The van der Waals surface area contributed by atoms with Crippen LogP contribution in [0, 0.1) is 0 Å². The summed E-state index contributed by atoms with van der Waals surface area (Å²) in [6, 6.07) is 20.2. The highest BCUT2D eigenvalue weighted by Crippen LogP contribution is 2.31. The molecule has 2 aromatic carbocycles. The van der Waals surface area contributed by atoms with E-state index in [1.54, 1.807) is 0 Å². The van der Waals surface area contributed by atoms with Crippen LogP contribution in [0.3, 0.4) is 0 Å². The topological polar surface area (TPSA) is 56.8 Å². The Balaban J connectivity index is 1.06. The zero-order valence-electron chi connectivity index (χ0n) is 17.4. The van der Waals surface area contributed by atoms with Crippen LogP contribution in [0.1, 0.15) is 49.7 Å². The Morgan fingerprint density at radius 2 is 1.37 bits per heavy atom. The van der Waals surface area contributed by atoms with E-state index in [4.69, 9.17) is 14.2 Å². The van der Waals surface area contributed by atoms with Crippen molar-refractivity contribution in [2.24, 2.45) is 0 Å². The second-order valence-electron chi connectivity index (χ2n) is 8.33. The number of carbonyl (C=O) groups excluding carboxylic acids is 1. The van der Waals surface area contributed by atoms with Crippen molar-refractivity contribution >= 4 is 6.09 Å². The number of carbonyl (C=O) groups is 1. The predicted molar refractivity (Wildman–Crippen MR) is 115 cm³/mol. The van der Waals surface area contributed by atoms with E-state index in [1.165, 1.54) is 5.56 Å². The maximum absolute atomic E-state index is 12.0. The minimum atomic E-state index is -0.333. The van der Waals surface area contributed by atoms with Gasteiger partial charge in [0, 0.05) is 6.04 Å². The molecule has 2 aromatic rings. The van der Waals surface area contributed by atoms with E-state index in [9.17, 15) is 4.79 Å². The predicted octanol–water partition coefficient (Wildman–Crippen LogP) is 4.99. The van der Waals surface area contributed by atoms with Gasteiger partial charge in [-0.15, -0.1) is 0 Å². The first-order valence-corrected chi connectivity index (χ1v) is 11.0. The third-order valence-electron chi connectivity index (χ3n) is 5.97. The first kappa shape index (κ1) is 20.9. The number of amides is 1. The Morgan fingerprint density at radius 3 is 2.00 bits per heavy atom. The summed E-state index contributed by atoms with van der Waals surface area (Å²) in [5.41, 5.74) is 2.21. The van der Waals surface area contributed by atoms with Gasteiger partial charge >= 0.3 is 6.09 Å². The van der Waals surface area contributed by atoms with Gasteiger partial charge < -0.3 is 19.5 Å². The van der Waals surface area contributed by atoms with Gasteiger partial charge in [-0.1, -0.05) is 60.7 Å². The van der Waals surface area contributed by atoms with E-state index >= 15 is 0 Å². The van der Waals surface area contributed by atoms with Crippen LogP contribution < -0.4 is 5.32 Å². The van der Waals surface area contributed by atoms with E-state index in [-0.39, 0.29) is 12.1 Å². The van der Waals surface area contributed by atoms with E-state index < -0.39 is 0 Å². The second-order valence-corrected chi connectivity index (χ2v) is 8.33. The number of rotatable bonds is 8. The molecule has 0 atom stereocenters. The van der Waals surface area contributed by atoms with Crippen molar-refractivity contribution in [1.82, 2.24) is 5.32 Å². The van der Waals surface area contributed by atoms with Gasteiger partial charge in [-0.25, -0.2) is 4.79 Å². The van der Waals surface area contributed by atoms with Crippen molar-refractivity contribution in [3.05, 3.63) is 71.8 Å². The van der Waals surface area contributed by atoms with Gasteiger partial charge in [-0.3, -0.25) is 0 Å². The number of benzene rings is 2. The molecular weight excluding hydrogens is 378 g/mol. The highest BCUT2D eigenvalue weighted by atomic mass is 16.5. The Hall–Kier alpha value is -2.37. The van der Waals surface area contributed by atoms with Crippen LogP contribution in [0.15, 0.2) is 60.7 Å². The lowest BCUT2D eigenvalue weighted by molar-refractivity contribution is -0.136. The van der Waals surface area contributed by atoms with Crippen molar-refractivity contribution in [2.75, 3.05) is 0 Å². The van der Waals surface area contributed by atoms with Gasteiger partial charge in [-0.05, 0) is 49.7 Å². The van der Waals surface area contributed by atoms with Crippen LogP contribution in [0.25, 0.3) is 0 Å². The van der Waals surface area contributed by atoms with Crippen LogP contribution in [-0.4, -0.2) is 30.4 Å². The summed E-state index contributed by atoms with van der Waals surface area (Å²) in [4.78, 5) is 12.0. The van der Waals surface area contributed by atoms with Gasteiger partial charge in [-0.2, -0.15) is 0 Å². The number of ether oxygens (including phenoxy) is 3. The van der Waals surface area contributed by atoms with Gasteiger partial charge in [0.25, 0.3) is 0 Å². The molecule has 0 unspecified atom stereocenters. The summed E-state index contributed by atoms with van der Waals surface area (Å²) in [6.45, 7) is 0.982. The smallest absolute Gasteiger partial charge is 0.407 e. The number of nitrogens with one attached hydrogen (secondary N) is 1. The average Bonchev–Trinajstić information content (AvgIpc) is 2.76. The molecule has 5 nitrogen and oxygen atoms in total. The van der Waals surface area contributed by atoms with Crippen molar-refractivity contribution in [3.8, 4) is 0 Å². The summed E-state index contributed by atoms with van der Waals surface area (Å²) in [6.07, 6.45) is 6.39. The maximum atomic E-state index is 12.0. The van der Waals surface area contributed by atoms with Crippen LogP contribution >= 0.6 is 0 Å². The SMILES string of the molecule is O=C(NC1CCC(OC2CC(OCc3ccccc3)C2)CC1)OCc1ccccc1. The zero-order chi connectivity index (χ0) is 20.6. The van der Waals surface area contributed by atoms with E-state index in [0.717, 1.165) is 44.1 Å². The molecule has 0 spiro atoms. The Bertz CT molecular complexity index is 768. The molecule has 0 saturated heterocycles. The molecule has 2 fully saturated rings. The fourth-order valence-corrected chi connectivity index (χ4v) is 4.10.